The lowest BCUT2D eigenvalue weighted by molar-refractivity contribution is -0.136. The molecule has 1 saturated carbocycles. The molecular formula is C22H28N4O3. The molecule has 2 bridgehead atoms. The number of hydrogen-bond acceptors (Lipinski definition) is 5. The Balaban J connectivity index is 1.40. The highest BCUT2D eigenvalue weighted by molar-refractivity contribution is 6.05. The summed E-state index contributed by atoms with van der Waals surface area (Å²) < 4.78 is 0. The van der Waals surface area contributed by atoms with E-state index in [1.54, 1.807) is 4.90 Å². The van der Waals surface area contributed by atoms with Gasteiger partial charge in [-0.1, -0.05) is 18.6 Å². The number of fused-ring (bicyclic) bond motifs is 3. The van der Waals surface area contributed by atoms with Crippen molar-refractivity contribution in [3.05, 3.63) is 34.9 Å². The molecule has 29 heavy (non-hydrogen) atoms. The first-order chi connectivity index (χ1) is 14.0. The van der Waals surface area contributed by atoms with Crippen LogP contribution in [0.15, 0.2) is 18.2 Å². The topological polar surface area (TPSA) is 95.7 Å². The molecule has 1 aromatic rings. The molecule has 7 nitrogen and oxygen atoms in total. The average molecular weight is 396 g/mol. The fourth-order valence-corrected chi connectivity index (χ4v) is 5.96. The molecule has 0 radical (unpaired) electrons. The van der Waals surface area contributed by atoms with Crippen molar-refractivity contribution in [2.24, 2.45) is 11.7 Å². The number of hydrogen-bond donors (Lipinski definition) is 2. The van der Waals surface area contributed by atoms with Crippen molar-refractivity contribution in [1.82, 2.24) is 15.1 Å². The summed E-state index contributed by atoms with van der Waals surface area (Å²) in [5.74, 6) is -0.00145. The van der Waals surface area contributed by atoms with Crippen LogP contribution in [0.4, 0.5) is 0 Å². The van der Waals surface area contributed by atoms with E-state index in [9.17, 15) is 14.4 Å². The third kappa shape index (κ3) is 2.99. The minimum Gasteiger partial charge on any atom is -0.329 e. The van der Waals surface area contributed by atoms with Gasteiger partial charge in [-0.2, -0.15) is 0 Å². The minimum atomic E-state index is -0.568. The molecular weight excluding hydrogens is 368 g/mol. The lowest BCUT2D eigenvalue weighted by Gasteiger charge is -2.39. The monoisotopic (exact) mass is 396 g/mol. The van der Waals surface area contributed by atoms with Crippen molar-refractivity contribution in [3.63, 3.8) is 0 Å². The second kappa shape index (κ2) is 6.92. The number of nitrogens with zero attached hydrogens (tertiary/aromatic N) is 2. The van der Waals surface area contributed by atoms with E-state index in [4.69, 9.17) is 5.73 Å². The number of nitrogens with one attached hydrogen (secondary N) is 1. The van der Waals surface area contributed by atoms with E-state index in [1.165, 1.54) is 19.3 Å². The Morgan fingerprint density at radius 3 is 2.86 bits per heavy atom. The van der Waals surface area contributed by atoms with Crippen molar-refractivity contribution in [2.75, 3.05) is 13.1 Å². The highest BCUT2D eigenvalue weighted by Crippen LogP contribution is 2.44. The van der Waals surface area contributed by atoms with Gasteiger partial charge in [0.05, 0.1) is 0 Å². The van der Waals surface area contributed by atoms with Crippen molar-refractivity contribution >= 4 is 17.7 Å². The molecule has 3 aliphatic heterocycles. The van der Waals surface area contributed by atoms with Crippen LogP contribution in [0, 0.1) is 5.92 Å². The zero-order chi connectivity index (χ0) is 20.2. The van der Waals surface area contributed by atoms with Crippen molar-refractivity contribution in [3.8, 4) is 0 Å². The van der Waals surface area contributed by atoms with Gasteiger partial charge in [0.2, 0.25) is 11.8 Å². The van der Waals surface area contributed by atoms with Gasteiger partial charge in [-0.25, -0.2) is 0 Å². The van der Waals surface area contributed by atoms with Crippen LogP contribution in [0.2, 0.25) is 0 Å². The van der Waals surface area contributed by atoms with E-state index in [1.807, 2.05) is 12.1 Å². The molecule has 1 aliphatic carbocycles. The predicted molar refractivity (Wildman–Crippen MR) is 107 cm³/mol. The number of benzene rings is 1. The maximum atomic E-state index is 13.0. The van der Waals surface area contributed by atoms with Gasteiger partial charge >= 0.3 is 0 Å². The summed E-state index contributed by atoms with van der Waals surface area (Å²) in [6.07, 6.45) is 5.53. The lowest BCUT2D eigenvalue weighted by Crippen LogP contribution is -2.52. The third-order valence-electron chi connectivity index (χ3n) is 7.49. The highest BCUT2D eigenvalue weighted by Gasteiger charge is 2.47. The number of likely N-dealkylation sites (tertiary alicyclic amines) is 1. The van der Waals surface area contributed by atoms with Gasteiger partial charge in [-0.05, 0) is 48.8 Å². The molecule has 0 spiro atoms. The molecule has 3 heterocycles. The molecule has 154 valence electrons. The van der Waals surface area contributed by atoms with Crippen LogP contribution in [-0.4, -0.2) is 52.2 Å². The summed E-state index contributed by atoms with van der Waals surface area (Å²) in [7, 11) is 0. The second-order valence-electron chi connectivity index (χ2n) is 9.11. The maximum absolute atomic E-state index is 13.0. The molecule has 0 aromatic heterocycles. The Labute approximate surface area is 170 Å². The summed E-state index contributed by atoms with van der Waals surface area (Å²) in [5, 5.41) is 2.37. The maximum Gasteiger partial charge on any atom is 0.255 e. The Morgan fingerprint density at radius 1 is 1.21 bits per heavy atom. The molecule has 5 rings (SSSR count). The third-order valence-corrected chi connectivity index (χ3v) is 7.49. The number of rotatable bonds is 4. The zero-order valence-electron chi connectivity index (χ0n) is 16.7. The van der Waals surface area contributed by atoms with Gasteiger partial charge in [0.15, 0.2) is 0 Å². The molecule has 3 unspecified atom stereocenters. The first kappa shape index (κ1) is 18.8. The fraction of sp³-hybridized carbons (Fsp3) is 0.591. The van der Waals surface area contributed by atoms with E-state index in [0.717, 1.165) is 36.6 Å². The van der Waals surface area contributed by atoms with Crippen molar-refractivity contribution in [1.29, 1.82) is 0 Å². The van der Waals surface area contributed by atoms with E-state index < -0.39 is 6.04 Å². The van der Waals surface area contributed by atoms with Crippen molar-refractivity contribution in [2.45, 2.75) is 63.2 Å². The molecule has 2 saturated heterocycles. The Bertz CT molecular complexity index is 885. The summed E-state index contributed by atoms with van der Waals surface area (Å²) in [6, 6.07) is 5.33. The van der Waals surface area contributed by atoms with Crippen LogP contribution in [0.1, 0.15) is 60.0 Å². The first-order valence-corrected chi connectivity index (χ1v) is 10.7. The fourth-order valence-electron chi connectivity index (χ4n) is 5.96. The number of imide groups is 1. The summed E-state index contributed by atoms with van der Waals surface area (Å²) in [4.78, 5) is 41.0. The van der Waals surface area contributed by atoms with Crippen LogP contribution in [0.25, 0.3) is 0 Å². The minimum absolute atomic E-state index is 0.0948. The van der Waals surface area contributed by atoms with Crippen LogP contribution < -0.4 is 11.1 Å². The van der Waals surface area contributed by atoms with E-state index >= 15 is 0 Å². The smallest absolute Gasteiger partial charge is 0.255 e. The second-order valence-corrected chi connectivity index (χ2v) is 9.11. The standard InChI is InChI=1S/C22H28N4O3/c23-13-22-8-2-3-14(9-22)10-25(22)11-15-4-1-5-16-17(15)12-26(21(16)29)18-6-7-19(27)24-20(18)28/h1,4-5,14,18H,2-3,6-13,23H2,(H,24,27,28). The normalized spacial score (nSPS) is 31.9. The number of piperidine rings is 1. The van der Waals surface area contributed by atoms with Crippen LogP contribution in [0.5, 0.6) is 0 Å². The van der Waals surface area contributed by atoms with Gasteiger partial charge in [-0.15, -0.1) is 0 Å². The van der Waals surface area contributed by atoms with Crippen LogP contribution in [0.3, 0.4) is 0 Å². The van der Waals surface area contributed by atoms with Crippen molar-refractivity contribution < 1.29 is 14.4 Å². The van der Waals surface area contributed by atoms with Gasteiger partial charge in [-0.3, -0.25) is 24.6 Å². The van der Waals surface area contributed by atoms with Gasteiger partial charge in [0.25, 0.3) is 5.91 Å². The number of amides is 3. The zero-order valence-corrected chi connectivity index (χ0v) is 16.7. The molecule has 7 heteroatoms. The summed E-state index contributed by atoms with van der Waals surface area (Å²) >= 11 is 0. The predicted octanol–water partition coefficient (Wildman–Crippen LogP) is 1.15. The molecule has 1 aromatic carbocycles. The number of nitrogens with two attached hydrogens (primary N) is 1. The lowest BCUT2D eigenvalue weighted by atomic mass is 9.80. The largest absolute Gasteiger partial charge is 0.329 e. The average Bonchev–Trinajstić information content (AvgIpc) is 3.17. The Hall–Kier alpha value is -2.25. The summed E-state index contributed by atoms with van der Waals surface area (Å²) in [5.41, 5.74) is 9.19. The van der Waals surface area contributed by atoms with Crippen LogP contribution >= 0.6 is 0 Å². The van der Waals surface area contributed by atoms with Gasteiger partial charge < -0.3 is 10.6 Å². The molecule has 3 fully saturated rings. The SMILES string of the molecule is NCC12CCCC(CN1Cc1cccc3c1CN(C1CCC(=O)NC1=O)C3=O)C2. The highest BCUT2D eigenvalue weighted by atomic mass is 16.2. The summed E-state index contributed by atoms with van der Waals surface area (Å²) in [6.45, 7) is 2.99. The quantitative estimate of drug-likeness (QED) is 0.745. The first-order valence-electron chi connectivity index (χ1n) is 10.7. The number of carbonyl (C=O) groups is 3. The van der Waals surface area contributed by atoms with E-state index in [-0.39, 0.29) is 29.7 Å². The molecule has 4 aliphatic rings. The Kier molecular flexibility index (Phi) is 4.47. The number of carbonyl (C=O) groups excluding carboxylic acids is 3. The van der Waals surface area contributed by atoms with Gasteiger partial charge in [0, 0.05) is 43.7 Å². The van der Waals surface area contributed by atoms with Gasteiger partial charge in [0.1, 0.15) is 6.04 Å². The molecule has 3 N–H and O–H groups in total. The Morgan fingerprint density at radius 2 is 2.07 bits per heavy atom. The van der Waals surface area contributed by atoms with Crippen LogP contribution in [-0.2, 0) is 22.7 Å². The molecule has 3 atom stereocenters. The van der Waals surface area contributed by atoms with E-state index in [2.05, 4.69) is 16.3 Å². The molecule has 3 amide bonds. The van der Waals surface area contributed by atoms with E-state index in [0.29, 0.717) is 25.1 Å².